The van der Waals surface area contributed by atoms with E-state index in [4.69, 9.17) is 0 Å². The Hall–Kier alpha value is -2.30. The Kier molecular flexibility index (Phi) is 3.55. The molecule has 0 aliphatic carbocycles. The lowest BCUT2D eigenvalue weighted by atomic mass is 10.1. The van der Waals surface area contributed by atoms with Crippen molar-refractivity contribution in [3.63, 3.8) is 0 Å². The van der Waals surface area contributed by atoms with E-state index in [1.165, 1.54) is 0 Å². The first-order valence-corrected chi connectivity index (χ1v) is 6.13. The molecule has 2 rings (SSSR count). The largest absolute Gasteiger partial charge is 0.346 e. The SMILES string of the molecule is CC(C)=CC(=O)N[C@H](C)c1ccc2[nH]c(=O)[nH]c2c1. The molecule has 1 heterocycles. The van der Waals surface area contributed by atoms with Crippen LogP contribution in [0.5, 0.6) is 0 Å². The molecule has 1 aromatic heterocycles. The summed E-state index contributed by atoms with van der Waals surface area (Å²) < 4.78 is 0. The van der Waals surface area contributed by atoms with Gasteiger partial charge in [-0.1, -0.05) is 11.6 Å². The van der Waals surface area contributed by atoms with Crippen LogP contribution in [0, 0.1) is 0 Å². The molecule has 0 saturated heterocycles. The van der Waals surface area contributed by atoms with Crippen LogP contribution in [0.1, 0.15) is 32.4 Å². The van der Waals surface area contributed by atoms with E-state index in [1.807, 2.05) is 39.0 Å². The zero-order valence-electron chi connectivity index (χ0n) is 11.2. The topological polar surface area (TPSA) is 77.8 Å². The summed E-state index contributed by atoms with van der Waals surface area (Å²) in [6, 6.07) is 5.46. The molecular weight excluding hydrogens is 242 g/mol. The van der Waals surface area contributed by atoms with Crippen LogP contribution < -0.4 is 11.0 Å². The van der Waals surface area contributed by atoms with Crippen molar-refractivity contribution in [2.24, 2.45) is 0 Å². The highest BCUT2D eigenvalue weighted by Gasteiger charge is 2.09. The number of carbonyl (C=O) groups is 1. The van der Waals surface area contributed by atoms with Crippen molar-refractivity contribution in [1.29, 1.82) is 0 Å². The van der Waals surface area contributed by atoms with Gasteiger partial charge in [0.2, 0.25) is 5.91 Å². The van der Waals surface area contributed by atoms with Crippen molar-refractivity contribution in [1.82, 2.24) is 15.3 Å². The summed E-state index contributed by atoms with van der Waals surface area (Å²) in [7, 11) is 0. The van der Waals surface area contributed by atoms with Crippen molar-refractivity contribution in [3.05, 3.63) is 45.9 Å². The van der Waals surface area contributed by atoms with Gasteiger partial charge in [0.05, 0.1) is 17.1 Å². The third-order valence-electron chi connectivity index (χ3n) is 2.82. The number of benzene rings is 1. The van der Waals surface area contributed by atoms with Crippen LogP contribution in [0.3, 0.4) is 0 Å². The fourth-order valence-corrected chi connectivity index (χ4v) is 1.92. The molecule has 0 bridgehead atoms. The molecule has 0 spiro atoms. The number of amides is 1. The molecule has 1 atom stereocenters. The van der Waals surface area contributed by atoms with Gasteiger partial charge in [-0.3, -0.25) is 4.79 Å². The monoisotopic (exact) mass is 259 g/mol. The summed E-state index contributed by atoms with van der Waals surface area (Å²) in [5.74, 6) is -0.116. The maximum atomic E-state index is 11.7. The number of aromatic amines is 2. The second kappa shape index (κ2) is 5.14. The van der Waals surface area contributed by atoms with Crippen molar-refractivity contribution >= 4 is 16.9 Å². The summed E-state index contributed by atoms with van der Waals surface area (Å²) >= 11 is 0. The third-order valence-corrected chi connectivity index (χ3v) is 2.82. The lowest BCUT2D eigenvalue weighted by Crippen LogP contribution is -2.24. The zero-order chi connectivity index (χ0) is 14.0. The van der Waals surface area contributed by atoms with E-state index >= 15 is 0 Å². The number of rotatable bonds is 3. The molecule has 0 unspecified atom stereocenters. The van der Waals surface area contributed by atoms with E-state index in [9.17, 15) is 9.59 Å². The van der Waals surface area contributed by atoms with Gasteiger partial charge in [0.1, 0.15) is 0 Å². The Morgan fingerprint density at radius 3 is 2.63 bits per heavy atom. The minimum absolute atomic E-state index is 0.116. The number of fused-ring (bicyclic) bond motifs is 1. The number of imidazole rings is 1. The van der Waals surface area contributed by atoms with Gasteiger partial charge < -0.3 is 15.3 Å². The fourth-order valence-electron chi connectivity index (χ4n) is 1.92. The average molecular weight is 259 g/mol. The Morgan fingerprint density at radius 2 is 1.95 bits per heavy atom. The molecule has 0 aliphatic rings. The number of nitrogens with one attached hydrogen (secondary N) is 3. The van der Waals surface area contributed by atoms with Crippen molar-refractivity contribution < 1.29 is 4.79 Å². The molecule has 3 N–H and O–H groups in total. The number of aromatic nitrogens is 2. The van der Waals surface area contributed by atoms with E-state index in [2.05, 4.69) is 15.3 Å². The van der Waals surface area contributed by atoms with E-state index < -0.39 is 0 Å². The number of H-pyrrole nitrogens is 2. The fraction of sp³-hybridized carbons (Fsp3) is 0.286. The molecule has 19 heavy (non-hydrogen) atoms. The van der Waals surface area contributed by atoms with Gasteiger partial charge >= 0.3 is 5.69 Å². The molecule has 0 fully saturated rings. The normalized spacial score (nSPS) is 12.2. The predicted octanol–water partition coefficient (Wildman–Crippen LogP) is 2.00. The lowest BCUT2D eigenvalue weighted by Gasteiger charge is -2.13. The van der Waals surface area contributed by atoms with Crippen LogP contribution in [-0.2, 0) is 4.79 Å². The van der Waals surface area contributed by atoms with Crippen LogP contribution in [0.4, 0.5) is 0 Å². The number of allylic oxidation sites excluding steroid dienone is 1. The summed E-state index contributed by atoms with van der Waals surface area (Å²) in [5.41, 5.74) is 3.17. The summed E-state index contributed by atoms with van der Waals surface area (Å²) in [6.07, 6.45) is 1.56. The van der Waals surface area contributed by atoms with Gasteiger partial charge in [-0.25, -0.2) is 4.79 Å². The standard InChI is InChI=1S/C14H17N3O2/c1-8(2)6-13(18)15-9(3)10-4-5-11-12(7-10)17-14(19)16-11/h4-7,9H,1-3H3,(H,15,18)(H2,16,17,19)/t9-/m1/s1. The smallest absolute Gasteiger partial charge is 0.323 e. The van der Waals surface area contributed by atoms with Crippen molar-refractivity contribution in [2.75, 3.05) is 0 Å². The second-order valence-electron chi connectivity index (χ2n) is 4.84. The molecule has 1 aromatic carbocycles. The number of hydrogen-bond acceptors (Lipinski definition) is 2. The van der Waals surface area contributed by atoms with Gasteiger partial charge in [0.25, 0.3) is 0 Å². The Morgan fingerprint density at radius 1 is 1.26 bits per heavy atom. The molecule has 2 aromatic rings. The predicted molar refractivity (Wildman–Crippen MR) is 74.9 cm³/mol. The maximum absolute atomic E-state index is 11.7. The zero-order valence-corrected chi connectivity index (χ0v) is 11.2. The minimum atomic E-state index is -0.228. The van der Waals surface area contributed by atoms with Gasteiger partial charge in [-0.05, 0) is 38.5 Å². The number of hydrogen-bond donors (Lipinski definition) is 3. The van der Waals surface area contributed by atoms with E-state index in [-0.39, 0.29) is 17.6 Å². The van der Waals surface area contributed by atoms with Crippen LogP contribution >= 0.6 is 0 Å². The van der Waals surface area contributed by atoms with Gasteiger partial charge in [-0.15, -0.1) is 0 Å². The van der Waals surface area contributed by atoms with Crippen LogP contribution in [-0.4, -0.2) is 15.9 Å². The first kappa shape index (κ1) is 13.1. The molecule has 0 saturated carbocycles. The van der Waals surface area contributed by atoms with E-state index in [0.29, 0.717) is 0 Å². The third kappa shape index (κ3) is 3.13. The Balaban J connectivity index is 2.21. The summed E-state index contributed by atoms with van der Waals surface area (Å²) in [4.78, 5) is 28.2. The Bertz CT molecular complexity index is 690. The van der Waals surface area contributed by atoms with Gasteiger partial charge in [0.15, 0.2) is 0 Å². The lowest BCUT2D eigenvalue weighted by molar-refractivity contribution is -0.117. The maximum Gasteiger partial charge on any atom is 0.323 e. The molecular formula is C14H17N3O2. The molecule has 0 radical (unpaired) electrons. The Labute approximate surface area is 110 Å². The van der Waals surface area contributed by atoms with Crippen LogP contribution in [0.25, 0.3) is 11.0 Å². The van der Waals surface area contributed by atoms with Crippen molar-refractivity contribution in [2.45, 2.75) is 26.8 Å². The first-order valence-electron chi connectivity index (χ1n) is 6.13. The highest BCUT2D eigenvalue weighted by atomic mass is 16.1. The minimum Gasteiger partial charge on any atom is -0.346 e. The van der Waals surface area contributed by atoms with E-state index in [0.717, 1.165) is 22.2 Å². The summed E-state index contributed by atoms with van der Waals surface area (Å²) in [5, 5.41) is 2.88. The quantitative estimate of drug-likeness (QED) is 0.737. The van der Waals surface area contributed by atoms with Crippen molar-refractivity contribution in [3.8, 4) is 0 Å². The number of carbonyl (C=O) groups excluding carboxylic acids is 1. The molecule has 5 nitrogen and oxygen atoms in total. The average Bonchev–Trinajstić information content (AvgIpc) is 2.66. The van der Waals surface area contributed by atoms with Gasteiger partial charge in [-0.2, -0.15) is 0 Å². The molecule has 5 heteroatoms. The van der Waals surface area contributed by atoms with Crippen LogP contribution in [0.15, 0.2) is 34.6 Å². The van der Waals surface area contributed by atoms with Gasteiger partial charge in [0, 0.05) is 6.08 Å². The van der Waals surface area contributed by atoms with E-state index in [1.54, 1.807) is 6.08 Å². The molecule has 0 aliphatic heterocycles. The highest BCUT2D eigenvalue weighted by Crippen LogP contribution is 2.16. The second-order valence-corrected chi connectivity index (χ2v) is 4.84. The summed E-state index contributed by atoms with van der Waals surface area (Å²) in [6.45, 7) is 5.66. The molecule has 1 amide bonds. The van der Waals surface area contributed by atoms with Crippen LogP contribution in [0.2, 0.25) is 0 Å². The first-order chi connectivity index (χ1) is 8.95. The highest BCUT2D eigenvalue weighted by molar-refractivity contribution is 5.88. The molecule has 100 valence electrons.